The lowest BCUT2D eigenvalue weighted by molar-refractivity contribution is 0.0526. The van der Waals surface area contributed by atoms with Gasteiger partial charge in [-0.1, -0.05) is 0 Å². The molecule has 2 rings (SSSR count). The molecule has 0 atom stereocenters. The summed E-state index contributed by atoms with van der Waals surface area (Å²) in [6, 6.07) is 14.2. The Morgan fingerprint density at radius 2 is 1.30 bits per heavy atom. The van der Waals surface area contributed by atoms with E-state index in [9.17, 15) is 4.79 Å². The second-order valence-corrected chi connectivity index (χ2v) is 4.62. The van der Waals surface area contributed by atoms with E-state index in [4.69, 9.17) is 18.9 Å². The van der Waals surface area contributed by atoms with E-state index in [1.54, 1.807) is 38.3 Å². The first-order valence-electron chi connectivity index (χ1n) is 7.39. The number of methoxy groups -OCH3 is 1. The zero-order valence-corrected chi connectivity index (χ0v) is 13.3. The molecule has 0 aliphatic heterocycles. The summed E-state index contributed by atoms with van der Waals surface area (Å²) in [5.74, 6) is 1.89. The molecule has 0 saturated heterocycles. The Hall–Kier alpha value is -2.69. The molecule has 0 heterocycles. The molecule has 0 amide bonds. The van der Waals surface area contributed by atoms with Gasteiger partial charge < -0.3 is 18.9 Å². The average molecular weight is 316 g/mol. The molecule has 0 aliphatic rings. The fourth-order valence-electron chi connectivity index (χ4n) is 1.89. The molecule has 122 valence electrons. The van der Waals surface area contributed by atoms with Gasteiger partial charge in [0.05, 0.1) is 19.3 Å². The monoisotopic (exact) mass is 316 g/mol. The van der Waals surface area contributed by atoms with Crippen molar-refractivity contribution in [3.63, 3.8) is 0 Å². The van der Waals surface area contributed by atoms with E-state index in [-0.39, 0.29) is 5.97 Å². The molecule has 5 heteroatoms. The van der Waals surface area contributed by atoms with Crippen molar-refractivity contribution in [2.45, 2.75) is 6.92 Å². The number of rotatable bonds is 8. The van der Waals surface area contributed by atoms with Crippen LogP contribution in [-0.4, -0.2) is 32.9 Å². The maximum atomic E-state index is 11.5. The van der Waals surface area contributed by atoms with Gasteiger partial charge in [0.15, 0.2) is 0 Å². The Bertz CT molecular complexity index is 604. The van der Waals surface area contributed by atoms with Gasteiger partial charge in [-0.15, -0.1) is 0 Å². The Kier molecular flexibility index (Phi) is 6.29. The van der Waals surface area contributed by atoms with Crippen molar-refractivity contribution in [3.8, 4) is 17.2 Å². The molecule has 0 saturated carbocycles. The van der Waals surface area contributed by atoms with Crippen molar-refractivity contribution >= 4 is 5.97 Å². The quantitative estimate of drug-likeness (QED) is 0.552. The van der Waals surface area contributed by atoms with E-state index in [0.29, 0.717) is 31.1 Å². The van der Waals surface area contributed by atoms with E-state index in [2.05, 4.69) is 0 Å². The van der Waals surface area contributed by atoms with Crippen molar-refractivity contribution < 1.29 is 23.7 Å². The van der Waals surface area contributed by atoms with E-state index >= 15 is 0 Å². The number of esters is 1. The van der Waals surface area contributed by atoms with Crippen molar-refractivity contribution in [3.05, 3.63) is 54.1 Å². The van der Waals surface area contributed by atoms with Crippen LogP contribution in [0.15, 0.2) is 48.5 Å². The first-order valence-corrected chi connectivity index (χ1v) is 7.39. The highest BCUT2D eigenvalue weighted by Gasteiger charge is 2.05. The van der Waals surface area contributed by atoms with Gasteiger partial charge in [0.1, 0.15) is 30.5 Å². The van der Waals surface area contributed by atoms with Gasteiger partial charge >= 0.3 is 5.97 Å². The van der Waals surface area contributed by atoms with Gasteiger partial charge in [-0.2, -0.15) is 0 Å². The summed E-state index contributed by atoms with van der Waals surface area (Å²) in [6.45, 7) is 2.97. The third-order valence-corrected chi connectivity index (χ3v) is 3.05. The number of hydrogen-bond acceptors (Lipinski definition) is 5. The van der Waals surface area contributed by atoms with E-state index in [0.717, 1.165) is 11.5 Å². The van der Waals surface area contributed by atoms with Gasteiger partial charge in [0.25, 0.3) is 0 Å². The molecule has 2 aromatic carbocycles. The molecule has 0 aliphatic carbocycles. The second kappa shape index (κ2) is 8.68. The van der Waals surface area contributed by atoms with Gasteiger partial charge in [-0.25, -0.2) is 4.79 Å². The van der Waals surface area contributed by atoms with Crippen molar-refractivity contribution in [2.24, 2.45) is 0 Å². The Labute approximate surface area is 135 Å². The summed E-state index contributed by atoms with van der Waals surface area (Å²) >= 11 is 0. The number of carbonyl (C=O) groups excluding carboxylic acids is 1. The molecule has 0 unspecified atom stereocenters. The number of ether oxygens (including phenoxy) is 4. The summed E-state index contributed by atoms with van der Waals surface area (Å²) in [5.41, 5.74) is 0.508. The molecule has 0 fully saturated rings. The lowest BCUT2D eigenvalue weighted by Crippen LogP contribution is -2.09. The summed E-state index contributed by atoms with van der Waals surface area (Å²) in [6.07, 6.45) is 0. The Balaban J connectivity index is 1.74. The van der Waals surface area contributed by atoms with Crippen LogP contribution >= 0.6 is 0 Å². The molecule has 23 heavy (non-hydrogen) atoms. The smallest absolute Gasteiger partial charge is 0.338 e. The standard InChI is InChI=1S/C18H20O5/c1-3-21-18(19)14-4-6-16(7-5-14)22-12-13-23-17-10-8-15(20-2)9-11-17/h4-11H,3,12-13H2,1-2H3. The average Bonchev–Trinajstić information content (AvgIpc) is 2.60. The lowest BCUT2D eigenvalue weighted by Gasteiger charge is -2.09. The predicted octanol–water partition coefficient (Wildman–Crippen LogP) is 3.33. The second-order valence-electron chi connectivity index (χ2n) is 4.62. The highest BCUT2D eigenvalue weighted by atomic mass is 16.5. The third-order valence-electron chi connectivity index (χ3n) is 3.05. The minimum Gasteiger partial charge on any atom is -0.497 e. The highest BCUT2D eigenvalue weighted by molar-refractivity contribution is 5.89. The van der Waals surface area contributed by atoms with Crippen LogP contribution in [-0.2, 0) is 4.74 Å². The Morgan fingerprint density at radius 1 is 0.826 bits per heavy atom. The topological polar surface area (TPSA) is 54.0 Å². The molecular weight excluding hydrogens is 296 g/mol. The fraction of sp³-hybridized carbons (Fsp3) is 0.278. The highest BCUT2D eigenvalue weighted by Crippen LogP contribution is 2.17. The molecule has 0 radical (unpaired) electrons. The third kappa shape index (κ3) is 5.21. The maximum Gasteiger partial charge on any atom is 0.338 e. The largest absolute Gasteiger partial charge is 0.497 e. The molecule has 0 spiro atoms. The van der Waals surface area contributed by atoms with Gasteiger partial charge in [-0.3, -0.25) is 0 Å². The first kappa shape index (κ1) is 16.7. The molecule has 2 aromatic rings. The number of carbonyl (C=O) groups is 1. The normalized spacial score (nSPS) is 10.0. The predicted molar refractivity (Wildman–Crippen MR) is 86.4 cm³/mol. The van der Waals surface area contributed by atoms with Crippen LogP contribution in [0, 0.1) is 0 Å². The summed E-state index contributed by atoms with van der Waals surface area (Å²) in [7, 11) is 1.62. The van der Waals surface area contributed by atoms with E-state index < -0.39 is 0 Å². The molecule has 0 aromatic heterocycles. The molecule has 0 N–H and O–H groups in total. The first-order chi connectivity index (χ1) is 11.2. The van der Waals surface area contributed by atoms with Gasteiger partial charge in [0, 0.05) is 0 Å². The minimum atomic E-state index is -0.332. The summed E-state index contributed by atoms with van der Waals surface area (Å²) in [5, 5.41) is 0. The molecular formula is C18H20O5. The van der Waals surface area contributed by atoms with Crippen LogP contribution < -0.4 is 14.2 Å². The van der Waals surface area contributed by atoms with Crippen LogP contribution in [0.25, 0.3) is 0 Å². The van der Waals surface area contributed by atoms with Crippen LogP contribution in [0.5, 0.6) is 17.2 Å². The summed E-state index contributed by atoms with van der Waals surface area (Å²) in [4.78, 5) is 11.5. The van der Waals surface area contributed by atoms with Crippen LogP contribution in [0.3, 0.4) is 0 Å². The number of hydrogen-bond donors (Lipinski definition) is 0. The van der Waals surface area contributed by atoms with Crippen molar-refractivity contribution in [2.75, 3.05) is 26.9 Å². The zero-order chi connectivity index (χ0) is 16.5. The summed E-state index contributed by atoms with van der Waals surface area (Å²) < 4.78 is 21.1. The SMILES string of the molecule is CCOC(=O)c1ccc(OCCOc2ccc(OC)cc2)cc1. The van der Waals surface area contributed by atoms with Gasteiger partial charge in [0.2, 0.25) is 0 Å². The molecule has 0 bridgehead atoms. The Morgan fingerprint density at radius 3 is 1.78 bits per heavy atom. The van der Waals surface area contributed by atoms with E-state index in [1.807, 2.05) is 24.3 Å². The lowest BCUT2D eigenvalue weighted by atomic mass is 10.2. The number of benzene rings is 2. The van der Waals surface area contributed by atoms with Gasteiger partial charge in [-0.05, 0) is 55.5 Å². The van der Waals surface area contributed by atoms with E-state index in [1.165, 1.54) is 0 Å². The van der Waals surface area contributed by atoms with Crippen molar-refractivity contribution in [1.29, 1.82) is 0 Å². The van der Waals surface area contributed by atoms with Crippen LogP contribution in [0.1, 0.15) is 17.3 Å². The van der Waals surface area contributed by atoms with Crippen LogP contribution in [0.2, 0.25) is 0 Å². The molecule has 5 nitrogen and oxygen atoms in total. The fourth-order valence-corrected chi connectivity index (χ4v) is 1.89. The maximum absolute atomic E-state index is 11.5. The minimum absolute atomic E-state index is 0.332. The zero-order valence-electron chi connectivity index (χ0n) is 13.3. The van der Waals surface area contributed by atoms with Crippen molar-refractivity contribution in [1.82, 2.24) is 0 Å². The van der Waals surface area contributed by atoms with Crippen LogP contribution in [0.4, 0.5) is 0 Å².